The number of aromatic nitrogens is 1. The van der Waals surface area contributed by atoms with Gasteiger partial charge < -0.3 is 10.0 Å². The van der Waals surface area contributed by atoms with Crippen molar-refractivity contribution < 1.29 is 23.1 Å². The molecule has 1 unspecified atom stereocenters. The first kappa shape index (κ1) is 24.3. The van der Waals surface area contributed by atoms with E-state index in [0.29, 0.717) is 10.7 Å². The van der Waals surface area contributed by atoms with E-state index in [1.54, 1.807) is 16.8 Å². The number of fused-ring (bicyclic) bond motifs is 3. The SMILES string of the molecule is Cc1cccc2c1SCc1cccc(C)c1[C@@H]2N1CN(C(C)C(F)(F)F)C(=O)c2c(O)c(=O)ccn21. The van der Waals surface area contributed by atoms with Crippen LogP contribution in [0.15, 0.2) is 58.4 Å². The molecule has 2 aliphatic heterocycles. The molecule has 36 heavy (non-hydrogen) atoms. The Morgan fingerprint density at radius 2 is 1.75 bits per heavy atom. The monoisotopic (exact) mass is 515 g/mol. The summed E-state index contributed by atoms with van der Waals surface area (Å²) in [5.74, 6) is -1.25. The number of alkyl halides is 3. The van der Waals surface area contributed by atoms with E-state index in [9.17, 15) is 27.9 Å². The molecule has 2 aliphatic rings. The second-order valence-electron chi connectivity index (χ2n) is 9.13. The molecule has 1 aromatic heterocycles. The summed E-state index contributed by atoms with van der Waals surface area (Å²) in [6.45, 7) is 4.45. The number of pyridine rings is 1. The van der Waals surface area contributed by atoms with Crippen LogP contribution < -0.4 is 10.4 Å². The summed E-state index contributed by atoms with van der Waals surface area (Å²) >= 11 is 1.66. The van der Waals surface area contributed by atoms with Crippen LogP contribution in [0.3, 0.4) is 0 Å². The molecule has 3 aromatic rings. The third-order valence-electron chi connectivity index (χ3n) is 6.93. The van der Waals surface area contributed by atoms with Crippen LogP contribution in [-0.2, 0) is 5.75 Å². The van der Waals surface area contributed by atoms with Crippen LogP contribution in [-0.4, -0.2) is 39.5 Å². The molecule has 1 amide bonds. The average Bonchev–Trinajstić information content (AvgIpc) is 2.99. The van der Waals surface area contributed by atoms with Gasteiger partial charge >= 0.3 is 6.18 Å². The van der Waals surface area contributed by atoms with E-state index in [2.05, 4.69) is 0 Å². The van der Waals surface area contributed by atoms with Crippen molar-refractivity contribution in [1.82, 2.24) is 9.58 Å². The van der Waals surface area contributed by atoms with Crippen molar-refractivity contribution in [3.8, 4) is 5.75 Å². The number of aromatic hydroxyl groups is 1. The number of hydrogen-bond acceptors (Lipinski definition) is 5. The van der Waals surface area contributed by atoms with Gasteiger partial charge in [-0.1, -0.05) is 36.4 Å². The van der Waals surface area contributed by atoms with Gasteiger partial charge in [0.15, 0.2) is 11.4 Å². The van der Waals surface area contributed by atoms with Gasteiger partial charge in [0.2, 0.25) is 5.43 Å². The highest BCUT2D eigenvalue weighted by Gasteiger charge is 2.47. The molecule has 0 saturated carbocycles. The molecule has 0 radical (unpaired) electrons. The van der Waals surface area contributed by atoms with Gasteiger partial charge in [-0.15, -0.1) is 11.8 Å². The van der Waals surface area contributed by atoms with Crippen molar-refractivity contribution >= 4 is 17.7 Å². The number of carbonyl (C=O) groups is 1. The molecule has 5 rings (SSSR count). The van der Waals surface area contributed by atoms with Crippen LogP contribution in [0.25, 0.3) is 0 Å². The fraction of sp³-hybridized carbons (Fsp3) is 0.308. The summed E-state index contributed by atoms with van der Waals surface area (Å²) < 4.78 is 42.9. The van der Waals surface area contributed by atoms with Crippen molar-refractivity contribution in [2.45, 2.75) is 49.7 Å². The molecule has 6 nitrogen and oxygen atoms in total. The molecule has 188 valence electrons. The number of amides is 1. The number of thioether (sulfide) groups is 1. The molecule has 2 atom stereocenters. The number of hydrogen-bond donors (Lipinski definition) is 1. The Hall–Kier alpha value is -3.40. The van der Waals surface area contributed by atoms with Crippen LogP contribution >= 0.6 is 11.8 Å². The Morgan fingerprint density at radius 1 is 1.06 bits per heavy atom. The van der Waals surface area contributed by atoms with Gasteiger partial charge in [0.25, 0.3) is 5.91 Å². The van der Waals surface area contributed by atoms with Crippen molar-refractivity contribution in [1.29, 1.82) is 0 Å². The van der Waals surface area contributed by atoms with Gasteiger partial charge in [-0.2, -0.15) is 13.2 Å². The van der Waals surface area contributed by atoms with Gasteiger partial charge in [0.05, 0.1) is 6.04 Å². The number of benzene rings is 2. The van der Waals surface area contributed by atoms with Crippen LogP contribution in [0, 0.1) is 13.8 Å². The Labute approximate surface area is 209 Å². The van der Waals surface area contributed by atoms with Crippen molar-refractivity contribution in [2.24, 2.45) is 0 Å². The van der Waals surface area contributed by atoms with E-state index < -0.39 is 47.7 Å². The minimum atomic E-state index is -4.70. The van der Waals surface area contributed by atoms with Crippen LogP contribution in [0.4, 0.5) is 13.2 Å². The normalized spacial score (nSPS) is 18.3. The van der Waals surface area contributed by atoms with E-state index >= 15 is 0 Å². The van der Waals surface area contributed by atoms with Crippen molar-refractivity contribution in [2.75, 3.05) is 11.7 Å². The van der Waals surface area contributed by atoms with Crippen molar-refractivity contribution in [3.05, 3.63) is 92.4 Å². The first-order valence-electron chi connectivity index (χ1n) is 11.4. The Balaban J connectivity index is 1.82. The highest BCUT2D eigenvalue weighted by Crippen LogP contribution is 2.45. The van der Waals surface area contributed by atoms with E-state index in [-0.39, 0.29) is 0 Å². The molecular formula is C26H24F3N3O3S. The second kappa shape index (κ2) is 8.62. The zero-order chi connectivity index (χ0) is 25.9. The number of carbonyl (C=O) groups excluding carboxylic acids is 1. The highest BCUT2D eigenvalue weighted by molar-refractivity contribution is 7.98. The van der Waals surface area contributed by atoms with Gasteiger partial charge in [-0.05, 0) is 48.6 Å². The molecule has 0 aliphatic carbocycles. The molecule has 1 N–H and O–H groups in total. The standard InChI is InChI=1S/C26H24F3N3O3S/c1-14-6-4-8-17-12-36-24-15(2)7-5-9-18(24)21(20(14)17)32-13-30(16(3)26(27,28)29)25(35)22-23(34)19(33)10-11-31(22)32/h4-11,16,21,34H,12-13H2,1-3H3/t16?,21-/m1/s1. The highest BCUT2D eigenvalue weighted by atomic mass is 32.2. The lowest BCUT2D eigenvalue weighted by molar-refractivity contribution is -0.173. The summed E-state index contributed by atoms with van der Waals surface area (Å²) in [6.07, 6.45) is -3.36. The second-order valence-corrected chi connectivity index (χ2v) is 10.1. The maximum Gasteiger partial charge on any atom is 0.408 e. The van der Waals surface area contributed by atoms with Crippen molar-refractivity contribution in [3.63, 3.8) is 0 Å². The summed E-state index contributed by atoms with van der Waals surface area (Å²) in [4.78, 5) is 27.2. The van der Waals surface area contributed by atoms with Crippen LogP contribution in [0.2, 0.25) is 0 Å². The number of halogens is 3. The predicted molar refractivity (Wildman–Crippen MR) is 131 cm³/mol. The lowest BCUT2D eigenvalue weighted by Gasteiger charge is -2.46. The first-order valence-corrected chi connectivity index (χ1v) is 12.4. The summed E-state index contributed by atoms with van der Waals surface area (Å²) in [5.41, 5.74) is 3.50. The summed E-state index contributed by atoms with van der Waals surface area (Å²) in [5, 5.41) is 12.2. The number of rotatable bonds is 2. The zero-order valence-electron chi connectivity index (χ0n) is 19.8. The summed E-state index contributed by atoms with van der Waals surface area (Å²) in [7, 11) is 0. The van der Waals surface area contributed by atoms with E-state index in [1.807, 2.05) is 50.2 Å². The van der Waals surface area contributed by atoms with Gasteiger partial charge in [-0.25, -0.2) is 0 Å². The maximum absolute atomic E-state index is 13.8. The zero-order valence-corrected chi connectivity index (χ0v) is 20.7. The Kier molecular flexibility index (Phi) is 5.82. The van der Waals surface area contributed by atoms with E-state index in [4.69, 9.17) is 0 Å². The average molecular weight is 516 g/mol. The predicted octanol–water partition coefficient (Wildman–Crippen LogP) is 4.87. The minimum absolute atomic E-state index is 0.398. The Bertz CT molecular complexity index is 1440. The van der Waals surface area contributed by atoms with E-state index in [1.165, 1.54) is 10.9 Å². The molecule has 0 bridgehead atoms. The topological polar surface area (TPSA) is 65.8 Å². The van der Waals surface area contributed by atoms with E-state index in [0.717, 1.165) is 45.7 Å². The molecule has 0 fully saturated rings. The third kappa shape index (κ3) is 3.75. The fourth-order valence-corrected chi connectivity index (χ4v) is 6.19. The first-order chi connectivity index (χ1) is 17.0. The largest absolute Gasteiger partial charge is 0.502 e. The molecule has 10 heteroatoms. The molecule has 0 spiro atoms. The van der Waals surface area contributed by atoms with Crippen LogP contribution in [0.5, 0.6) is 5.75 Å². The quantitative estimate of drug-likeness (QED) is 0.528. The van der Waals surface area contributed by atoms with Gasteiger partial charge in [-0.3, -0.25) is 19.3 Å². The summed E-state index contributed by atoms with van der Waals surface area (Å²) in [6, 6.07) is 10.1. The van der Waals surface area contributed by atoms with Gasteiger partial charge in [0.1, 0.15) is 12.7 Å². The molecule has 2 aromatic carbocycles. The lowest BCUT2D eigenvalue weighted by atomic mass is 9.90. The number of aryl methyl sites for hydroxylation is 2. The Morgan fingerprint density at radius 3 is 2.47 bits per heavy atom. The molecule has 0 saturated heterocycles. The molecule has 3 heterocycles. The fourth-order valence-electron chi connectivity index (χ4n) is 5.00. The lowest BCUT2D eigenvalue weighted by Crippen LogP contribution is -2.60. The minimum Gasteiger partial charge on any atom is -0.502 e. The third-order valence-corrected chi connectivity index (χ3v) is 8.23. The maximum atomic E-state index is 13.8. The van der Waals surface area contributed by atoms with Crippen LogP contribution in [0.1, 0.15) is 51.3 Å². The molecular weight excluding hydrogens is 491 g/mol. The van der Waals surface area contributed by atoms with Gasteiger partial charge in [0, 0.05) is 22.9 Å². The smallest absolute Gasteiger partial charge is 0.408 e. The number of nitrogens with zero attached hydrogens (tertiary/aromatic N) is 3.